The summed E-state index contributed by atoms with van der Waals surface area (Å²) in [6, 6.07) is 10.6. The van der Waals surface area contributed by atoms with Crippen LogP contribution >= 0.6 is 0 Å². The number of rotatable bonds is 5. The molecule has 0 amide bonds. The standard InChI is InChI=1S/C13H21NO/c1-4-13(3,15)10-14-11(2)12-8-6-5-7-9-12/h5-9,11,14-15H,4,10H2,1-3H3/t11-,13?/m1/s1. The lowest BCUT2D eigenvalue weighted by Crippen LogP contribution is -2.38. The third-order valence-corrected chi connectivity index (χ3v) is 2.85. The van der Waals surface area contributed by atoms with E-state index in [0.29, 0.717) is 6.54 Å². The van der Waals surface area contributed by atoms with E-state index in [1.165, 1.54) is 5.56 Å². The van der Waals surface area contributed by atoms with Gasteiger partial charge in [-0.3, -0.25) is 0 Å². The molecule has 0 aliphatic rings. The first-order valence-electron chi connectivity index (χ1n) is 5.56. The number of aliphatic hydroxyl groups is 1. The van der Waals surface area contributed by atoms with E-state index < -0.39 is 5.60 Å². The minimum absolute atomic E-state index is 0.282. The SMILES string of the molecule is CCC(C)(O)CN[C@H](C)c1ccccc1. The monoisotopic (exact) mass is 207 g/mol. The van der Waals surface area contributed by atoms with Crippen LogP contribution in [0, 0.1) is 0 Å². The van der Waals surface area contributed by atoms with Gasteiger partial charge in [0.15, 0.2) is 0 Å². The minimum Gasteiger partial charge on any atom is -0.389 e. The van der Waals surface area contributed by atoms with Crippen molar-refractivity contribution in [3.63, 3.8) is 0 Å². The zero-order chi connectivity index (χ0) is 11.3. The van der Waals surface area contributed by atoms with E-state index in [4.69, 9.17) is 0 Å². The van der Waals surface area contributed by atoms with E-state index in [9.17, 15) is 5.11 Å². The Kier molecular flexibility index (Phi) is 4.30. The van der Waals surface area contributed by atoms with Crippen LogP contribution in [0.15, 0.2) is 30.3 Å². The van der Waals surface area contributed by atoms with Crippen LogP contribution in [0.4, 0.5) is 0 Å². The van der Waals surface area contributed by atoms with Gasteiger partial charge in [-0.2, -0.15) is 0 Å². The predicted octanol–water partition coefficient (Wildman–Crippen LogP) is 2.50. The highest BCUT2D eigenvalue weighted by molar-refractivity contribution is 5.18. The summed E-state index contributed by atoms with van der Waals surface area (Å²) >= 11 is 0. The fraction of sp³-hybridized carbons (Fsp3) is 0.538. The van der Waals surface area contributed by atoms with Crippen molar-refractivity contribution in [2.24, 2.45) is 0 Å². The molecule has 0 aromatic heterocycles. The Hall–Kier alpha value is -0.860. The fourth-order valence-electron chi connectivity index (χ4n) is 1.36. The second kappa shape index (κ2) is 5.29. The van der Waals surface area contributed by atoms with Crippen molar-refractivity contribution in [1.29, 1.82) is 0 Å². The van der Waals surface area contributed by atoms with Crippen LogP contribution in [-0.2, 0) is 0 Å². The van der Waals surface area contributed by atoms with Crippen molar-refractivity contribution in [3.05, 3.63) is 35.9 Å². The number of hydrogen-bond acceptors (Lipinski definition) is 2. The lowest BCUT2D eigenvalue weighted by Gasteiger charge is -2.24. The summed E-state index contributed by atoms with van der Waals surface area (Å²) in [6.45, 7) is 6.59. The van der Waals surface area contributed by atoms with Gasteiger partial charge in [0.25, 0.3) is 0 Å². The first kappa shape index (κ1) is 12.2. The molecule has 0 aliphatic heterocycles. The highest BCUT2D eigenvalue weighted by atomic mass is 16.3. The molecule has 15 heavy (non-hydrogen) atoms. The molecule has 0 saturated heterocycles. The number of nitrogens with one attached hydrogen (secondary N) is 1. The molecule has 1 aromatic carbocycles. The Morgan fingerprint density at radius 3 is 2.47 bits per heavy atom. The van der Waals surface area contributed by atoms with Crippen molar-refractivity contribution < 1.29 is 5.11 Å². The zero-order valence-corrected chi connectivity index (χ0v) is 9.83. The number of hydrogen-bond donors (Lipinski definition) is 2. The molecule has 0 radical (unpaired) electrons. The first-order chi connectivity index (χ1) is 7.05. The van der Waals surface area contributed by atoms with Crippen molar-refractivity contribution in [2.45, 2.75) is 38.8 Å². The molecule has 1 unspecified atom stereocenters. The van der Waals surface area contributed by atoms with E-state index in [1.54, 1.807) is 0 Å². The zero-order valence-electron chi connectivity index (χ0n) is 9.83. The van der Waals surface area contributed by atoms with Crippen LogP contribution in [0.3, 0.4) is 0 Å². The maximum atomic E-state index is 9.86. The Bertz CT molecular complexity index is 282. The van der Waals surface area contributed by atoms with Gasteiger partial charge in [0.1, 0.15) is 0 Å². The molecule has 1 rings (SSSR count). The minimum atomic E-state index is -0.608. The van der Waals surface area contributed by atoms with Crippen molar-refractivity contribution in [2.75, 3.05) is 6.54 Å². The largest absolute Gasteiger partial charge is 0.389 e. The molecule has 0 saturated carbocycles. The van der Waals surface area contributed by atoms with Crippen LogP contribution in [0.1, 0.15) is 38.8 Å². The van der Waals surface area contributed by atoms with E-state index in [-0.39, 0.29) is 6.04 Å². The summed E-state index contributed by atoms with van der Waals surface area (Å²) in [7, 11) is 0. The van der Waals surface area contributed by atoms with Gasteiger partial charge in [-0.05, 0) is 25.8 Å². The molecule has 2 nitrogen and oxygen atoms in total. The van der Waals surface area contributed by atoms with Gasteiger partial charge < -0.3 is 10.4 Å². The molecule has 2 atom stereocenters. The molecule has 2 heteroatoms. The highest BCUT2D eigenvalue weighted by Gasteiger charge is 2.18. The van der Waals surface area contributed by atoms with Crippen molar-refractivity contribution in [1.82, 2.24) is 5.32 Å². The molecule has 2 N–H and O–H groups in total. The van der Waals surface area contributed by atoms with Gasteiger partial charge in [-0.1, -0.05) is 37.3 Å². The third kappa shape index (κ3) is 4.02. The van der Waals surface area contributed by atoms with Crippen LogP contribution in [0.25, 0.3) is 0 Å². The lowest BCUT2D eigenvalue weighted by atomic mass is 10.0. The molecular weight excluding hydrogens is 186 g/mol. The summed E-state index contributed by atoms with van der Waals surface area (Å²) in [5.74, 6) is 0. The van der Waals surface area contributed by atoms with Crippen molar-refractivity contribution >= 4 is 0 Å². The summed E-state index contributed by atoms with van der Waals surface area (Å²) in [5, 5.41) is 13.2. The molecule has 84 valence electrons. The third-order valence-electron chi connectivity index (χ3n) is 2.85. The fourth-order valence-corrected chi connectivity index (χ4v) is 1.36. The Morgan fingerprint density at radius 1 is 1.33 bits per heavy atom. The summed E-state index contributed by atoms with van der Waals surface area (Å²) in [6.07, 6.45) is 0.765. The highest BCUT2D eigenvalue weighted by Crippen LogP contribution is 2.13. The molecule has 0 fully saturated rings. The summed E-state index contributed by atoms with van der Waals surface area (Å²) in [5.41, 5.74) is 0.646. The topological polar surface area (TPSA) is 32.3 Å². The smallest absolute Gasteiger partial charge is 0.0741 e. The van der Waals surface area contributed by atoms with Gasteiger partial charge in [0, 0.05) is 12.6 Å². The van der Waals surface area contributed by atoms with Crippen molar-refractivity contribution in [3.8, 4) is 0 Å². The Balaban J connectivity index is 2.47. The van der Waals surface area contributed by atoms with E-state index >= 15 is 0 Å². The van der Waals surface area contributed by atoms with Gasteiger partial charge in [-0.15, -0.1) is 0 Å². The Labute approximate surface area is 92.3 Å². The average Bonchev–Trinajstić information content (AvgIpc) is 2.27. The van der Waals surface area contributed by atoms with Gasteiger partial charge in [0.2, 0.25) is 0 Å². The average molecular weight is 207 g/mol. The summed E-state index contributed by atoms with van der Waals surface area (Å²) < 4.78 is 0. The maximum absolute atomic E-state index is 9.86. The van der Waals surface area contributed by atoms with Crippen LogP contribution in [0.5, 0.6) is 0 Å². The van der Waals surface area contributed by atoms with E-state index in [2.05, 4.69) is 24.4 Å². The second-order valence-electron chi connectivity index (χ2n) is 4.36. The van der Waals surface area contributed by atoms with Gasteiger partial charge in [-0.25, -0.2) is 0 Å². The molecule has 0 aliphatic carbocycles. The predicted molar refractivity (Wildman–Crippen MR) is 63.8 cm³/mol. The normalized spacial score (nSPS) is 17.1. The molecule has 0 bridgehead atoms. The lowest BCUT2D eigenvalue weighted by molar-refractivity contribution is 0.0533. The van der Waals surface area contributed by atoms with Crippen LogP contribution < -0.4 is 5.32 Å². The maximum Gasteiger partial charge on any atom is 0.0741 e. The summed E-state index contributed by atoms with van der Waals surface area (Å²) in [4.78, 5) is 0. The van der Waals surface area contributed by atoms with E-state index in [1.807, 2.05) is 32.0 Å². The molecular formula is C13H21NO. The first-order valence-corrected chi connectivity index (χ1v) is 5.56. The molecule has 0 spiro atoms. The van der Waals surface area contributed by atoms with Gasteiger partial charge in [0.05, 0.1) is 5.60 Å². The Morgan fingerprint density at radius 2 is 1.93 bits per heavy atom. The molecule has 0 heterocycles. The quantitative estimate of drug-likeness (QED) is 0.777. The van der Waals surface area contributed by atoms with Gasteiger partial charge >= 0.3 is 0 Å². The van der Waals surface area contributed by atoms with Crippen LogP contribution in [0.2, 0.25) is 0 Å². The second-order valence-corrected chi connectivity index (χ2v) is 4.36. The van der Waals surface area contributed by atoms with E-state index in [0.717, 1.165) is 6.42 Å². The number of benzene rings is 1. The van der Waals surface area contributed by atoms with Crippen LogP contribution in [-0.4, -0.2) is 17.3 Å². The molecule has 1 aromatic rings.